The van der Waals surface area contributed by atoms with Crippen LogP contribution in [0.15, 0.2) is 36.4 Å². The van der Waals surface area contributed by atoms with Crippen LogP contribution in [0.2, 0.25) is 5.02 Å². The Bertz CT molecular complexity index is 541. The Morgan fingerprint density at radius 3 is 2.63 bits per heavy atom. The van der Waals surface area contributed by atoms with E-state index in [0.717, 1.165) is 22.1 Å². The van der Waals surface area contributed by atoms with E-state index in [0.29, 0.717) is 6.54 Å². The van der Waals surface area contributed by atoms with Gasteiger partial charge in [0.05, 0.1) is 11.7 Å². The SMILES string of the molecule is CC(c1cccc(Cl)c1)N(C)c1ccc(CN)nn1. The number of aromatic nitrogens is 2. The first kappa shape index (κ1) is 13.8. The molecular weight excluding hydrogens is 260 g/mol. The molecule has 1 aromatic heterocycles. The second-order valence-corrected chi connectivity index (χ2v) is 4.87. The summed E-state index contributed by atoms with van der Waals surface area (Å²) >= 11 is 6.02. The molecule has 1 heterocycles. The highest BCUT2D eigenvalue weighted by molar-refractivity contribution is 6.30. The summed E-state index contributed by atoms with van der Waals surface area (Å²) in [5.74, 6) is 0.810. The zero-order valence-corrected chi connectivity index (χ0v) is 11.8. The van der Waals surface area contributed by atoms with Gasteiger partial charge in [-0.25, -0.2) is 0 Å². The van der Waals surface area contributed by atoms with E-state index < -0.39 is 0 Å². The Labute approximate surface area is 118 Å². The average molecular weight is 277 g/mol. The second kappa shape index (κ2) is 5.99. The first-order valence-corrected chi connectivity index (χ1v) is 6.50. The van der Waals surface area contributed by atoms with Crippen LogP contribution in [-0.2, 0) is 6.54 Å². The fourth-order valence-electron chi connectivity index (χ4n) is 1.84. The fourth-order valence-corrected chi connectivity index (χ4v) is 2.04. The van der Waals surface area contributed by atoms with Crippen LogP contribution in [0.5, 0.6) is 0 Å². The van der Waals surface area contributed by atoms with E-state index in [1.807, 2.05) is 37.4 Å². The van der Waals surface area contributed by atoms with Crippen molar-refractivity contribution in [2.24, 2.45) is 5.73 Å². The van der Waals surface area contributed by atoms with E-state index in [-0.39, 0.29) is 6.04 Å². The van der Waals surface area contributed by atoms with Crippen LogP contribution in [0, 0.1) is 0 Å². The molecule has 0 amide bonds. The molecule has 0 aliphatic carbocycles. The van der Waals surface area contributed by atoms with E-state index in [1.54, 1.807) is 0 Å². The Kier molecular flexibility index (Phi) is 4.35. The predicted octanol–water partition coefficient (Wildman–Crippen LogP) is 2.79. The van der Waals surface area contributed by atoms with E-state index in [9.17, 15) is 0 Å². The Morgan fingerprint density at radius 1 is 1.26 bits per heavy atom. The molecule has 19 heavy (non-hydrogen) atoms. The molecule has 1 atom stereocenters. The van der Waals surface area contributed by atoms with Gasteiger partial charge in [0.2, 0.25) is 0 Å². The molecule has 0 aliphatic rings. The van der Waals surface area contributed by atoms with Crippen LogP contribution in [-0.4, -0.2) is 17.2 Å². The summed E-state index contributed by atoms with van der Waals surface area (Å²) in [6, 6.07) is 11.8. The average Bonchev–Trinajstić information content (AvgIpc) is 2.46. The summed E-state index contributed by atoms with van der Waals surface area (Å²) < 4.78 is 0. The van der Waals surface area contributed by atoms with Gasteiger partial charge in [-0.1, -0.05) is 23.7 Å². The van der Waals surface area contributed by atoms with Crippen molar-refractivity contribution >= 4 is 17.4 Å². The lowest BCUT2D eigenvalue weighted by molar-refractivity contribution is 0.716. The van der Waals surface area contributed by atoms with Crippen molar-refractivity contribution in [3.05, 3.63) is 52.7 Å². The van der Waals surface area contributed by atoms with Gasteiger partial charge in [0, 0.05) is 18.6 Å². The third-order valence-electron chi connectivity index (χ3n) is 3.19. The van der Waals surface area contributed by atoms with Crippen LogP contribution in [0.1, 0.15) is 24.2 Å². The zero-order chi connectivity index (χ0) is 13.8. The van der Waals surface area contributed by atoms with Crippen LogP contribution < -0.4 is 10.6 Å². The molecule has 2 N–H and O–H groups in total. The van der Waals surface area contributed by atoms with Crippen LogP contribution >= 0.6 is 11.6 Å². The summed E-state index contributed by atoms with van der Waals surface area (Å²) in [5, 5.41) is 8.99. The quantitative estimate of drug-likeness (QED) is 0.933. The summed E-state index contributed by atoms with van der Waals surface area (Å²) in [5.41, 5.74) is 7.44. The molecule has 0 aliphatic heterocycles. The number of hydrogen-bond donors (Lipinski definition) is 1. The summed E-state index contributed by atoms with van der Waals surface area (Å²) in [4.78, 5) is 2.05. The first-order chi connectivity index (χ1) is 9.11. The minimum absolute atomic E-state index is 0.164. The molecular formula is C14H17ClN4. The number of nitrogens with two attached hydrogens (primary N) is 1. The van der Waals surface area contributed by atoms with Crippen LogP contribution in [0.25, 0.3) is 0 Å². The number of anilines is 1. The molecule has 4 nitrogen and oxygen atoms in total. The van der Waals surface area contributed by atoms with E-state index >= 15 is 0 Å². The lowest BCUT2D eigenvalue weighted by atomic mass is 10.1. The molecule has 0 saturated heterocycles. The third-order valence-corrected chi connectivity index (χ3v) is 3.42. The zero-order valence-electron chi connectivity index (χ0n) is 11.0. The number of rotatable bonds is 4. The standard InChI is InChI=1S/C14H17ClN4/c1-10(11-4-3-5-12(15)8-11)19(2)14-7-6-13(9-16)17-18-14/h3-8,10H,9,16H2,1-2H3. The van der Waals surface area contributed by atoms with Crippen LogP contribution in [0.3, 0.4) is 0 Å². The minimum Gasteiger partial charge on any atom is -0.351 e. The summed E-state index contributed by atoms with van der Waals surface area (Å²) in [6.07, 6.45) is 0. The lowest BCUT2D eigenvalue weighted by Crippen LogP contribution is -2.23. The molecule has 1 aromatic carbocycles. The largest absolute Gasteiger partial charge is 0.351 e. The van der Waals surface area contributed by atoms with E-state index in [1.165, 1.54) is 0 Å². The van der Waals surface area contributed by atoms with Crippen LogP contribution in [0.4, 0.5) is 5.82 Å². The lowest BCUT2D eigenvalue weighted by Gasteiger charge is -2.26. The maximum absolute atomic E-state index is 6.02. The van der Waals surface area contributed by atoms with Crippen molar-refractivity contribution in [3.63, 3.8) is 0 Å². The van der Waals surface area contributed by atoms with Gasteiger partial charge in [-0.3, -0.25) is 0 Å². The number of benzene rings is 1. The van der Waals surface area contributed by atoms with Gasteiger partial charge in [-0.05, 0) is 36.8 Å². The van der Waals surface area contributed by atoms with Gasteiger partial charge < -0.3 is 10.6 Å². The van der Waals surface area contributed by atoms with Gasteiger partial charge in [-0.2, -0.15) is 5.10 Å². The van der Waals surface area contributed by atoms with Crippen molar-refractivity contribution in [1.82, 2.24) is 10.2 Å². The number of hydrogen-bond acceptors (Lipinski definition) is 4. The predicted molar refractivity (Wildman–Crippen MR) is 78.2 cm³/mol. The Hall–Kier alpha value is -1.65. The van der Waals surface area contributed by atoms with E-state index in [4.69, 9.17) is 17.3 Å². The normalized spacial score (nSPS) is 12.2. The smallest absolute Gasteiger partial charge is 0.151 e. The molecule has 2 aromatic rings. The Balaban J connectivity index is 2.20. The van der Waals surface area contributed by atoms with Crippen molar-refractivity contribution in [2.75, 3.05) is 11.9 Å². The number of halogens is 1. The second-order valence-electron chi connectivity index (χ2n) is 4.43. The highest BCUT2D eigenvalue weighted by Gasteiger charge is 2.14. The highest BCUT2D eigenvalue weighted by atomic mass is 35.5. The maximum Gasteiger partial charge on any atom is 0.151 e. The van der Waals surface area contributed by atoms with Gasteiger partial charge in [0.15, 0.2) is 5.82 Å². The topological polar surface area (TPSA) is 55.0 Å². The van der Waals surface area contributed by atoms with Gasteiger partial charge in [0.25, 0.3) is 0 Å². The van der Waals surface area contributed by atoms with Crippen molar-refractivity contribution in [3.8, 4) is 0 Å². The maximum atomic E-state index is 6.02. The third kappa shape index (κ3) is 3.22. The summed E-state index contributed by atoms with van der Waals surface area (Å²) in [6.45, 7) is 2.50. The summed E-state index contributed by atoms with van der Waals surface area (Å²) in [7, 11) is 1.98. The molecule has 0 fully saturated rings. The van der Waals surface area contributed by atoms with E-state index in [2.05, 4.69) is 28.1 Å². The fraction of sp³-hybridized carbons (Fsp3) is 0.286. The molecule has 5 heteroatoms. The molecule has 100 valence electrons. The highest BCUT2D eigenvalue weighted by Crippen LogP contribution is 2.25. The first-order valence-electron chi connectivity index (χ1n) is 6.13. The molecule has 0 bridgehead atoms. The van der Waals surface area contributed by atoms with Gasteiger partial charge in [-0.15, -0.1) is 5.10 Å². The minimum atomic E-state index is 0.164. The monoisotopic (exact) mass is 276 g/mol. The molecule has 2 rings (SSSR count). The molecule has 0 saturated carbocycles. The number of nitrogens with zero attached hydrogens (tertiary/aromatic N) is 3. The molecule has 0 spiro atoms. The molecule has 1 unspecified atom stereocenters. The van der Waals surface area contributed by atoms with Gasteiger partial charge in [0.1, 0.15) is 0 Å². The van der Waals surface area contributed by atoms with Gasteiger partial charge >= 0.3 is 0 Å². The van der Waals surface area contributed by atoms with Crippen molar-refractivity contribution in [1.29, 1.82) is 0 Å². The van der Waals surface area contributed by atoms with Crippen molar-refractivity contribution in [2.45, 2.75) is 19.5 Å². The molecule has 0 radical (unpaired) electrons. The Morgan fingerprint density at radius 2 is 2.05 bits per heavy atom. The van der Waals surface area contributed by atoms with Crippen molar-refractivity contribution < 1.29 is 0 Å².